The molecule has 8 nitrogen and oxygen atoms in total. The molecule has 1 amide bonds. The van der Waals surface area contributed by atoms with Crippen molar-refractivity contribution in [2.45, 2.75) is 32.6 Å². The zero-order valence-electron chi connectivity index (χ0n) is 21.7. The van der Waals surface area contributed by atoms with E-state index in [1.54, 1.807) is 12.3 Å². The molecule has 0 atom stereocenters. The number of carbonyl (C=O) groups excluding carboxylic acids is 1. The Bertz CT molecular complexity index is 1450. The molecule has 5 rings (SSSR count). The second-order valence-electron chi connectivity index (χ2n) is 9.63. The molecule has 4 aromatic rings. The van der Waals surface area contributed by atoms with E-state index >= 15 is 0 Å². The molecule has 0 saturated carbocycles. The Labute approximate surface area is 225 Å². The number of piperidine rings is 1. The molecule has 202 valence electrons. The van der Waals surface area contributed by atoms with Crippen LogP contribution in [-0.4, -0.2) is 57.2 Å². The highest BCUT2D eigenvalue weighted by Gasteiger charge is 2.16. The molecule has 1 saturated heterocycles. The SMILES string of the molecule is Cc1ccc(OCCN2CCCCC2)cc1-c1ccnc(NC(=O)c2n[nH]c(Cc3ccc(F)cc3F)n2)c1. The number of likely N-dealkylation sites (tertiary alicyclic amines) is 1. The third kappa shape index (κ3) is 6.83. The largest absolute Gasteiger partial charge is 0.492 e. The average molecular weight is 533 g/mol. The number of H-pyrrole nitrogens is 1. The minimum atomic E-state index is -0.690. The Hall–Kier alpha value is -4.18. The number of rotatable bonds is 9. The first-order valence-corrected chi connectivity index (χ1v) is 13.0. The van der Waals surface area contributed by atoms with E-state index < -0.39 is 17.5 Å². The molecular formula is C29H30F2N6O2. The van der Waals surface area contributed by atoms with Gasteiger partial charge in [0, 0.05) is 25.2 Å². The molecule has 2 aromatic carbocycles. The molecular weight excluding hydrogens is 502 g/mol. The summed E-state index contributed by atoms with van der Waals surface area (Å²) >= 11 is 0. The Balaban J connectivity index is 1.23. The molecule has 39 heavy (non-hydrogen) atoms. The second-order valence-corrected chi connectivity index (χ2v) is 9.63. The second kappa shape index (κ2) is 12.1. The number of pyridine rings is 1. The molecule has 1 aliphatic rings. The molecule has 1 aliphatic heterocycles. The summed E-state index contributed by atoms with van der Waals surface area (Å²) in [6.07, 6.45) is 5.47. The van der Waals surface area contributed by atoms with Crippen LogP contribution < -0.4 is 10.1 Å². The molecule has 0 radical (unpaired) electrons. The van der Waals surface area contributed by atoms with Gasteiger partial charge in [-0.1, -0.05) is 18.6 Å². The normalized spacial score (nSPS) is 13.8. The first kappa shape index (κ1) is 26.4. The Kier molecular flexibility index (Phi) is 8.21. The van der Waals surface area contributed by atoms with E-state index in [1.807, 2.05) is 31.2 Å². The van der Waals surface area contributed by atoms with Gasteiger partial charge >= 0.3 is 0 Å². The Morgan fingerprint density at radius 2 is 1.92 bits per heavy atom. The fourth-order valence-electron chi connectivity index (χ4n) is 4.64. The number of benzene rings is 2. The quantitative estimate of drug-likeness (QED) is 0.309. The number of nitrogens with one attached hydrogen (secondary N) is 2. The summed E-state index contributed by atoms with van der Waals surface area (Å²) in [6, 6.07) is 12.9. The maximum atomic E-state index is 14.0. The lowest BCUT2D eigenvalue weighted by atomic mass is 10.0. The smallest absolute Gasteiger partial charge is 0.296 e. The molecule has 1 fully saturated rings. The number of amides is 1. The van der Waals surface area contributed by atoms with Gasteiger partial charge in [-0.3, -0.25) is 14.8 Å². The van der Waals surface area contributed by atoms with Crippen LogP contribution in [-0.2, 0) is 6.42 Å². The number of hydrogen-bond donors (Lipinski definition) is 2. The summed E-state index contributed by atoms with van der Waals surface area (Å²) < 4.78 is 33.2. The third-order valence-corrected chi connectivity index (χ3v) is 6.75. The van der Waals surface area contributed by atoms with Gasteiger partial charge in [0.25, 0.3) is 5.91 Å². The predicted octanol–water partition coefficient (Wildman–Crippen LogP) is 5.16. The first-order valence-electron chi connectivity index (χ1n) is 13.0. The summed E-state index contributed by atoms with van der Waals surface area (Å²) in [5.74, 6) is -0.616. The van der Waals surface area contributed by atoms with Crippen LogP contribution in [0.15, 0.2) is 54.7 Å². The van der Waals surface area contributed by atoms with Crippen molar-refractivity contribution in [2.75, 3.05) is 31.6 Å². The van der Waals surface area contributed by atoms with Gasteiger partial charge in [-0.25, -0.2) is 18.7 Å². The average Bonchev–Trinajstić information content (AvgIpc) is 3.41. The van der Waals surface area contributed by atoms with E-state index in [-0.39, 0.29) is 23.6 Å². The maximum absolute atomic E-state index is 14.0. The number of halogens is 2. The van der Waals surface area contributed by atoms with Gasteiger partial charge in [-0.15, -0.1) is 5.10 Å². The van der Waals surface area contributed by atoms with Crippen LogP contribution in [0, 0.1) is 18.6 Å². The third-order valence-electron chi connectivity index (χ3n) is 6.75. The van der Waals surface area contributed by atoms with E-state index in [2.05, 4.69) is 30.4 Å². The Morgan fingerprint density at radius 1 is 1.08 bits per heavy atom. The van der Waals surface area contributed by atoms with E-state index in [4.69, 9.17) is 4.74 Å². The number of aromatic nitrogens is 4. The minimum Gasteiger partial charge on any atom is -0.492 e. The van der Waals surface area contributed by atoms with Crippen molar-refractivity contribution in [3.8, 4) is 16.9 Å². The summed E-state index contributed by atoms with van der Waals surface area (Å²) in [6.45, 7) is 5.83. The highest BCUT2D eigenvalue weighted by atomic mass is 19.1. The lowest BCUT2D eigenvalue weighted by molar-refractivity contribution is 0.101. The van der Waals surface area contributed by atoms with Gasteiger partial charge in [0.15, 0.2) is 0 Å². The number of anilines is 1. The van der Waals surface area contributed by atoms with E-state index in [0.29, 0.717) is 12.4 Å². The first-order chi connectivity index (χ1) is 18.9. The van der Waals surface area contributed by atoms with Crippen molar-refractivity contribution in [1.82, 2.24) is 25.1 Å². The molecule has 0 spiro atoms. The van der Waals surface area contributed by atoms with Crippen LogP contribution in [0.3, 0.4) is 0 Å². The van der Waals surface area contributed by atoms with Crippen LogP contribution in [0.5, 0.6) is 5.75 Å². The summed E-state index contributed by atoms with van der Waals surface area (Å²) in [5, 5.41) is 9.28. The van der Waals surface area contributed by atoms with Crippen molar-refractivity contribution in [3.63, 3.8) is 0 Å². The molecule has 0 unspecified atom stereocenters. The molecule has 3 heterocycles. The molecule has 2 aromatic heterocycles. The highest BCUT2D eigenvalue weighted by molar-refractivity contribution is 6.01. The van der Waals surface area contributed by atoms with Crippen molar-refractivity contribution < 1.29 is 18.3 Å². The number of aromatic amines is 1. The number of nitrogens with zero attached hydrogens (tertiary/aromatic N) is 4. The van der Waals surface area contributed by atoms with Gasteiger partial charge in [-0.2, -0.15) is 0 Å². The number of ether oxygens (including phenoxy) is 1. The lowest BCUT2D eigenvalue weighted by Gasteiger charge is -2.26. The van der Waals surface area contributed by atoms with Crippen LogP contribution >= 0.6 is 0 Å². The fraction of sp³-hybridized carbons (Fsp3) is 0.310. The van der Waals surface area contributed by atoms with Crippen molar-refractivity contribution in [2.24, 2.45) is 0 Å². The summed E-state index contributed by atoms with van der Waals surface area (Å²) in [4.78, 5) is 23.6. The number of hydrogen-bond acceptors (Lipinski definition) is 6. The molecule has 2 N–H and O–H groups in total. The van der Waals surface area contributed by atoms with Gasteiger partial charge in [0.2, 0.25) is 5.82 Å². The van der Waals surface area contributed by atoms with Crippen LogP contribution in [0.25, 0.3) is 11.1 Å². The zero-order valence-corrected chi connectivity index (χ0v) is 21.7. The predicted molar refractivity (Wildman–Crippen MR) is 144 cm³/mol. The topological polar surface area (TPSA) is 96.0 Å². The van der Waals surface area contributed by atoms with Crippen molar-refractivity contribution >= 4 is 11.7 Å². The summed E-state index contributed by atoms with van der Waals surface area (Å²) in [5.41, 5.74) is 3.15. The fourth-order valence-corrected chi connectivity index (χ4v) is 4.64. The van der Waals surface area contributed by atoms with Crippen molar-refractivity contribution in [3.05, 3.63) is 89.1 Å². The van der Waals surface area contributed by atoms with Crippen molar-refractivity contribution in [1.29, 1.82) is 0 Å². The van der Waals surface area contributed by atoms with Crippen LogP contribution in [0.2, 0.25) is 0 Å². The summed E-state index contributed by atoms with van der Waals surface area (Å²) in [7, 11) is 0. The maximum Gasteiger partial charge on any atom is 0.296 e. The van der Waals surface area contributed by atoms with Gasteiger partial charge in [-0.05, 0) is 85.4 Å². The van der Waals surface area contributed by atoms with E-state index in [1.165, 1.54) is 31.4 Å². The van der Waals surface area contributed by atoms with E-state index in [9.17, 15) is 13.6 Å². The standard InChI is InChI=1S/C29H30F2N6O2/c1-19-5-8-23(39-14-13-37-11-3-2-4-12-37)18-24(19)20-9-10-32-26(15-20)34-29(38)28-33-27(35-36-28)16-21-6-7-22(30)17-25(21)31/h5-10,15,17-18H,2-4,11-14,16H2,1H3,(H,32,34,38)(H,33,35,36). The molecule has 0 bridgehead atoms. The van der Waals surface area contributed by atoms with Gasteiger partial charge in [0.05, 0.1) is 0 Å². The monoisotopic (exact) mass is 532 g/mol. The van der Waals surface area contributed by atoms with Gasteiger partial charge in [0.1, 0.15) is 35.6 Å². The minimum absolute atomic E-state index is 0.0375. The zero-order chi connectivity index (χ0) is 27.2. The van der Waals surface area contributed by atoms with E-state index in [0.717, 1.165) is 48.1 Å². The molecule has 10 heteroatoms. The lowest BCUT2D eigenvalue weighted by Crippen LogP contribution is -2.33. The number of aryl methyl sites for hydroxylation is 1. The van der Waals surface area contributed by atoms with Gasteiger partial charge < -0.3 is 10.1 Å². The molecule has 0 aliphatic carbocycles. The highest BCUT2D eigenvalue weighted by Crippen LogP contribution is 2.29. The number of carbonyl (C=O) groups is 1. The van der Waals surface area contributed by atoms with Crippen LogP contribution in [0.1, 0.15) is 46.8 Å². The van der Waals surface area contributed by atoms with Crippen LogP contribution in [0.4, 0.5) is 14.6 Å². The Morgan fingerprint density at radius 3 is 2.74 bits per heavy atom.